The molecule has 0 radical (unpaired) electrons. The Morgan fingerprint density at radius 2 is 1.16 bits per heavy atom. The highest BCUT2D eigenvalue weighted by molar-refractivity contribution is 5.93. The number of carbonyl (C=O) groups is 2. The molecule has 0 saturated carbocycles. The highest BCUT2D eigenvalue weighted by Crippen LogP contribution is 2.36. The van der Waals surface area contributed by atoms with Gasteiger partial charge >= 0.3 is 12.2 Å². The van der Waals surface area contributed by atoms with E-state index in [9.17, 15) is 9.59 Å². The molecule has 6 heteroatoms. The first-order chi connectivity index (χ1) is 18.6. The van der Waals surface area contributed by atoms with Crippen LogP contribution in [0.2, 0.25) is 0 Å². The Morgan fingerprint density at radius 3 is 1.68 bits per heavy atom. The summed E-state index contributed by atoms with van der Waals surface area (Å²) in [4.78, 5) is 26.7. The summed E-state index contributed by atoms with van der Waals surface area (Å²) < 4.78 is 11.1. The van der Waals surface area contributed by atoms with Crippen LogP contribution < -0.4 is 15.2 Å². The average molecular weight is 527 g/mol. The smallest absolute Gasteiger partial charge is 0.406 e. The van der Waals surface area contributed by atoms with Crippen molar-refractivity contribution in [2.45, 2.75) is 117 Å². The molecule has 0 bridgehead atoms. The van der Waals surface area contributed by atoms with Crippen molar-refractivity contribution in [2.75, 3.05) is 13.1 Å². The lowest BCUT2D eigenvalue weighted by Crippen LogP contribution is -2.35. The minimum Gasteiger partial charge on any atom is -0.406 e. The molecule has 38 heavy (non-hydrogen) atoms. The maximum atomic E-state index is 13.4. The van der Waals surface area contributed by atoms with Gasteiger partial charge in [-0.3, -0.25) is 0 Å². The molecule has 2 aromatic rings. The van der Waals surface area contributed by atoms with Gasteiger partial charge in [0, 0.05) is 18.5 Å². The number of primary amides is 1. The molecule has 0 fully saturated rings. The van der Waals surface area contributed by atoms with E-state index in [2.05, 4.69) is 13.8 Å². The maximum absolute atomic E-state index is 13.4. The first-order valence-electron chi connectivity index (χ1n) is 15.0. The summed E-state index contributed by atoms with van der Waals surface area (Å²) in [6, 6.07) is 11.0. The SMILES string of the molecule is CCCCCCCCCCN(CCCCCCCCCC)C(=O)Oc1c(OC(N)=O)ccc2ccccc12. The Morgan fingerprint density at radius 1 is 0.658 bits per heavy atom. The highest BCUT2D eigenvalue weighted by atomic mass is 16.6. The number of nitrogens with zero attached hydrogens (tertiary/aromatic N) is 1. The fraction of sp³-hybridized carbons (Fsp3) is 0.625. The Hall–Kier alpha value is -2.76. The predicted octanol–water partition coefficient (Wildman–Crippen LogP) is 9.38. The quantitative estimate of drug-likeness (QED) is 0.174. The van der Waals surface area contributed by atoms with Crippen LogP contribution in [0.15, 0.2) is 36.4 Å². The van der Waals surface area contributed by atoms with E-state index < -0.39 is 12.2 Å². The van der Waals surface area contributed by atoms with Gasteiger partial charge in [0.25, 0.3) is 0 Å². The van der Waals surface area contributed by atoms with Gasteiger partial charge in [0.2, 0.25) is 0 Å². The van der Waals surface area contributed by atoms with E-state index in [1.807, 2.05) is 35.2 Å². The lowest BCUT2D eigenvalue weighted by atomic mass is 10.1. The molecule has 212 valence electrons. The lowest BCUT2D eigenvalue weighted by Gasteiger charge is -2.23. The van der Waals surface area contributed by atoms with Gasteiger partial charge in [0.15, 0.2) is 11.5 Å². The number of hydrogen-bond donors (Lipinski definition) is 1. The van der Waals surface area contributed by atoms with Crippen LogP contribution in [0.5, 0.6) is 11.5 Å². The molecule has 0 unspecified atom stereocenters. The van der Waals surface area contributed by atoms with Crippen molar-refractivity contribution >= 4 is 23.0 Å². The van der Waals surface area contributed by atoms with Gasteiger partial charge in [-0.2, -0.15) is 0 Å². The van der Waals surface area contributed by atoms with Gasteiger partial charge in [-0.1, -0.05) is 134 Å². The summed E-state index contributed by atoms with van der Waals surface area (Å²) in [5, 5.41) is 1.60. The number of nitrogens with two attached hydrogens (primary N) is 1. The number of rotatable bonds is 20. The van der Waals surface area contributed by atoms with Gasteiger partial charge in [-0.05, 0) is 24.3 Å². The monoisotopic (exact) mass is 526 g/mol. The number of unbranched alkanes of at least 4 members (excludes halogenated alkanes) is 14. The van der Waals surface area contributed by atoms with E-state index in [0.717, 1.165) is 31.1 Å². The molecule has 0 heterocycles. The summed E-state index contributed by atoms with van der Waals surface area (Å²) in [5.74, 6) is 0.396. The second-order valence-electron chi connectivity index (χ2n) is 10.3. The first kappa shape index (κ1) is 31.5. The van der Waals surface area contributed by atoms with E-state index in [1.165, 1.54) is 77.0 Å². The van der Waals surface area contributed by atoms with Crippen LogP contribution in [0.25, 0.3) is 10.8 Å². The van der Waals surface area contributed by atoms with Crippen LogP contribution in [0.4, 0.5) is 9.59 Å². The summed E-state index contributed by atoms with van der Waals surface area (Å²) in [7, 11) is 0. The van der Waals surface area contributed by atoms with Crippen molar-refractivity contribution in [2.24, 2.45) is 5.73 Å². The molecule has 0 atom stereocenters. The van der Waals surface area contributed by atoms with Gasteiger partial charge in [-0.15, -0.1) is 0 Å². The van der Waals surface area contributed by atoms with Crippen molar-refractivity contribution in [1.29, 1.82) is 0 Å². The van der Waals surface area contributed by atoms with Gasteiger partial charge in [0.1, 0.15) is 0 Å². The normalized spacial score (nSPS) is 11.0. The van der Waals surface area contributed by atoms with E-state index in [4.69, 9.17) is 15.2 Å². The molecular formula is C32H50N2O4. The van der Waals surface area contributed by atoms with Crippen molar-refractivity contribution in [3.05, 3.63) is 36.4 Å². The third-order valence-corrected chi connectivity index (χ3v) is 7.06. The van der Waals surface area contributed by atoms with Crippen LogP contribution >= 0.6 is 0 Å². The second kappa shape index (κ2) is 19.3. The maximum Gasteiger partial charge on any atom is 0.415 e. The molecule has 0 aromatic heterocycles. The molecule has 2 N–H and O–H groups in total. The van der Waals surface area contributed by atoms with Crippen molar-refractivity contribution in [3.63, 3.8) is 0 Å². The molecule has 0 aliphatic carbocycles. The Balaban J connectivity index is 1.99. The van der Waals surface area contributed by atoms with Crippen molar-refractivity contribution in [1.82, 2.24) is 4.90 Å². The minimum absolute atomic E-state index is 0.156. The fourth-order valence-corrected chi connectivity index (χ4v) is 4.84. The van der Waals surface area contributed by atoms with Gasteiger partial charge in [0.05, 0.1) is 0 Å². The summed E-state index contributed by atoms with van der Waals surface area (Å²) >= 11 is 0. The number of benzene rings is 2. The topological polar surface area (TPSA) is 81.9 Å². The van der Waals surface area contributed by atoms with Crippen molar-refractivity contribution in [3.8, 4) is 11.5 Å². The number of amides is 2. The van der Waals surface area contributed by atoms with Gasteiger partial charge in [-0.25, -0.2) is 9.59 Å². The standard InChI is InChI=1S/C32H50N2O4/c1-3-5-7-9-11-13-15-19-25-34(26-20-16-14-12-10-8-6-4-2)32(36)38-30-28-22-18-17-21-27(28)23-24-29(30)37-31(33)35/h17-18,21-24H,3-16,19-20,25-26H2,1-2H3,(H2,33,35). The average Bonchev–Trinajstić information content (AvgIpc) is 2.91. The van der Waals surface area contributed by atoms with Crippen LogP contribution in [0, 0.1) is 0 Å². The number of carbonyl (C=O) groups excluding carboxylic acids is 2. The summed E-state index contributed by atoms with van der Waals surface area (Å²) in [6.45, 7) is 5.81. The minimum atomic E-state index is -0.938. The highest BCUT2D eigenvalue weighted by Gasteiger charge is 2.20. The van der Waals surface area contributed by atoms with Crippen LogP contribution in [0.3, 0.4) is 0 Å². The molecule has 0 spiro atoms. The third kappa shape index (κ3) is 12.2. The zero-order valence-electron chi connectivity index (χ0n) is 23.8. The van der Waals surface area contributed by atoms with E-state index in [0.29, 0.717) is 18.5 Å². The number of hydrogen-bond acceptors (Lipinski definition) is 4. The van der Waals surface area contributed by atoms with E-state index in [1.54, 1.807) is 6.07 Å². The van der Waals surface area contributed by atoms with Crippen LogP contribution in [-0.4, -0.2) is 30.2 Å². The first-order valence-corrected chi connectivity index (χ1v) is 15.0. The van der Waals surface area contributed by atoms with Crippen molar-refractivity contribution < 1.29 is 19.1 Å². The zero-order valence-corrected chi connectivity index (χ0v) is 23.8. The molecule has 0 saturated heterocycles. The Bertz CT molecular complexity index is 926. The molecule has 2 aromatic carbocycles. The van der Waals surface area contributed by atoms with E-state index >= 15 is 0 Å². The van der Waals surface area contributed by atoms with Crippen LogP contribution in [-0.2, 0) is 0 Å². The third-order valence-electron chi connectivity index (χ3n) is 7.06. The van der Waals surface area contributed by atoms with E-state index in [-0.39, 0.29) is 11.5 Å². The molecule has 6 nitrogen and oxygen atoms in total. The predicted molar refractivity (Wildman–Crippen MR) is 157 cm³/mol. The Labute approximate surface area is 230 Å². The molecule has 2 rings (SSSR count). The largest absolute Gasteiger partial charge is 0.415 e. The molecule has 0 aliphatic heterocycles. The molecule has 0 aliphatic rings. The summed E-state index contributed by atoms with van der Waals surface area (Å²) in [5.41, 5.74) is 5.28. The zero-order chi connectivity index (χ0) is 27.4. The lowest BCUT2D eigenvalue weighted by molar-refractivity contribution is 0.148. The fourth-order valence-electron chi connectivity index (χ4n) is 4.84. The summed E-state index contributed by atoms with van der Waals surface area (Å²) in [6.07, 6.45) is 18.1. The van der Waals surface area contributed by atoms with Gasteiger partial charge < -0.3 is 20.1 Å². The number of ether oxygens (including phenoxy) is 2. The number of fused-ring (bicyclic) bond motifs is 1. The van der Waals surface area contributed by atoms with Crippen LogP contribution in [0.1, 0.15) is 117 Å². The second-order valence-corrected chi connectivity index (χ2v) is 10.3. The Kier molecular flexibility index (Phi) is 16.0. The molecule has 2 amide bonds. The molecular weight excluding hydrogens is 476 g/mol.